The first kappa shape index (κ1) is 11.3. The average Bonchev–Trinajstić information content (AvgIpc) is 2.94. The van der Waals surface area contributed by atoms with E-state index in [9.17, 15) is 0 Å². The number of aromatic nitrogens is 2. The standard InChI is InChI=1S/C11H15N3OS/c1-8(4-2-6-12)11-13-10(14-15-11)9-5-3-7-16-9/h3,5,7-8H,2,4,6,12H2,1H3. The van der Waals surface area contributed by atoms with Crippen LogP contribution in [0.4, 0.5) is 0 Å². The predicted molar refractivity (Wildman–Crippen MR) is 64.3 cm³/mol. The van der Waals surface area contributed by atoms with Crippen LogP contribution < -0.4 is 5.73 Å². The molecule has 0 saturated heterocycles. The summed E-state index contributed by atoms with van der Waals surface area (Å²) < 4.78 is 5.25. The van der Waals surface area contributed by atoms with Crippen molar-refractivity contribution < 1.29 is 4.52 Å². The van der Waals surface area contributed by atoms with Crippen molar-refractivity contribution in [2.24, 2.45) is 5.73 Å². The van der Waals surface area contributed by atoms with Gasteiger partial charge in [-0.3, -0.25) is 0 Å². The fraction of sp³-hybridized carbons (Fsp3) is 0.455. The average molecular weight is 237 g/mol. The lowest BCUT2D eigenvalue weighted by Crippen LogP contribution is -2.02. The molecule has 4 nitrogen and oxygen atoms in total. The molecule has 0 aliphatic rings. The minimum absolute atomic E-state index is 0.282. The Morgan fingerprint density at radius 1 is 1.56 bits per heavy atom. The topological polar surface area (TPSA) is 64.9 Å². The highest BCUT2D eigenvalue weighted by Crippen LogP contribution is 2.25. The lowest BCUT2D eigenvalue weighted by Gasteiger charge is -2.03. The van der Waals surface area contributed by atoms with Crippen LogP contribution in [-0.2, 0) is 0 Å². The summed E-state index contributed by atoms with van der Waals surface area (Å²) in [7, 11) is 0. The third-order valence-corrected chi connectivity index (χ3v) is 3.31. The summed E-state index contributed by atoms with van der Waals surface area (Å²) in [5, 5.41) is 5.98. The van der Waals surface area contributed by atoms with Crippen LogP contribution in [0, 0.1) is 0 Å². The second kappa shape index (κ2) is 5.23. The molecule has 2 N–H and O–H groups in total. The molecule has 2 rings (SSSR count). The van der Waals surface area contributed by atoms with Crippen LogP contribution in [0.25, 0.3) is 10.7 Å². The Labute approximate surface area is 98.5 Å². The molecule has 5 heteroatoms. The van der Waals surface area contributed by atoms with Crippen molar-refractivity contribution in [3.05, 3.63) is 23.4 Å². The van der Waals surface area contributed by atoms with E-state index >= 15 is 0 Å². The molecule has 0 aromatic carbocycles. The van der Waals surface area contributed by atoms with Gasteiger partial charge in [0.2, 0.25) is 11.7 Å². The molecule has 0 fully saturated rings. The molecular formula is C11H15N3OS. The zero-order chi connectivity index (χ0) is 11.4. The number of rotatable bonds is 5. The number of hydrogen-bond donors (Lipinski definition) is 1. The summed E-state index contributed by atoms with van der Waals surface area (Å²) in [6.45, 7) is 2.79. The van der Waals surface area contributed by atoms with E-state index in [1.807, 2.05) is 17.5 Å². The van der Waals surface area contributed by atoms with E-state index in [1.165, 1.54) is 0 Å². The molecule has 2 heterocycles. The second-order valence-corrected chi connectivity index (χ2v) is 4.71. The van der Waals surface area contributed by atoms with Gasteiger partial charge < -0.3 is 10.3 Å². The number of nitrogens with zero attached hydrogens (tertiary/aromatic N) is 2. The fourth-order valence-corrected chi connectivity index (χ4v) is 2.14. The first-order chi connectivity index (χ1) is 7.81. The molecule has 0 bridgehead atoms. The largest absolute Gasteiger partial charge is 0.339 e. The Hall–Kier alpha value is -1.20. The van der Waals surface area contributed by atoms with Crippen LogP contribution in [0.2, 0.25) is 0 Å². The summed E-state index contributed by atoms with van der Waals surface area (Å²) in [4.78, 5) is 5.44. The van der Waals surface area contributed by atoms with Crippen LogP contribution in [0.15, 0.2) is 22.0 Å². The third kappa shape index (κ3) is 2.48. The van der Waals surface area contributed by atoms with Gasteiger partial charge in [0.15, 0.2) is 0 Å². The van der Waals surface area contributed by atoms with Gasteiger partial charge in [-0.1, -0.05) is 18.1 Å². The lowest BCUT2D eigenvalue weighted by molar-refractivity contribution is 0.352. The van der Waals surface area contributed by atoms with Gasteiger partial charge in [0.1, 0.15) is 0 Å². The molecule has 0 saturated carbocycles. The Bertz CT molecular complexity index is 424. The Kier molecular flexibility index (Phi) is 3.69. The molecular weight excluding hydrogens is 222 g/mol. The Morgan fingerprint density at radius 2 is 2.44 bits per heavy atom. The monoisotopic (exact) mass is 237 g/mol. The zero-order valence-electron chi connectivity index (χ0n) is 9.22. The van der Waals surface area contributed by atoms with E-state index in [2.05, 4.69) is 17.1 Å². The predicted octanol–water partition coefficient (Wildman–Crippen LogP) is 2.64. The highest BCUT2D eigenvalue weighted by molar-refractivity contribution is 7.13. The van der Waals surface area contributed by atoms with Crippen molar-refractivity contribution >= 4 is 11.3 Å². The molecule has 0 spiro atoms. The van der Waals surface area contributed by atoms with Crippen molar-refractivity contribution in [1.29, 1.82) is 0 Å². The van der Waals surface area contributed by atoms with Crippen LogP contribution in [0.1, 0.15) is 31.6 Å². The van der Waals surface area contributed by atoms with E-state index in [0.29, 0.717) is 18.3 Å². The van der Waals surface area contributed by atoms with E-state index < -0.39 is 0 Å². The van der Waals surface area contributed by atoms with E-state index in [1.54, 1.807) is 11.3 Å². The third-order valence-electron chi connectivity index (χ3n) is 2.45. The lowest BCUT2D eigenvalue weighted by atomic mass is 10.1. The molecule has 2 aromatic rings. The van der Waals surface area contributed by atoms with E-state index in [-0.39, 0.29) is 5.92 Å². The van der Waals surface area contributed by atoms with Crippen molar-refractivity contribution in [1.82, 2.24) is 10.1 Å². The first-order valence-electron chi connectivity index (χ1n) is 5.39. The summed E-state index contributed by atoms with van der Waals surface area (Å²) in [6, 6.07) is 3.97. The number of nitrogens with two attached hydrogens (primary N) is 1. The maximum atomic E-state index is 5.47. The van der Waals surface area contributed by atoms with Gasteiger partial charge >= 0.3 is 0 Å². The molecule has 16 heavy (non-hydrogen) atoms. The van der Waals surface area contributed by atoms with Crippen molar-refractivity contribution in [3.8, 4) is 10.7 Å². The maximum absolute atomic E-state index is 5.47. The smallest absolute Gasteiger partial charge is 0.229 e. The zero-order valence-corrected chi connectivity index (χ0v) is 10.0. The Balaban J connectivity index is 2.07. The van der Waals surface area contributed by atoms with Gasteiger partial charge in [0.05, 0.1) is 4.88 Å². The summed E-state index contributed by atoms with van der Waals surface area (Å²) in [5.74, 6) is 1.67. The molecule has 0 amide bonds. The number of thiophene rings is 1. The van der Waals surface area contributed by atoms with Crippen LogP contribution >= 0.6 is 11.3 Å². The van der Waals surface area contributed by atoms with Gasteiger partial charge in [0, 0.05) is 5.92 Å². The van der Waals surface area contributed by atoms with Crippen LogP contribution in [0.3, 0.4) is 0 Å². The number of hydrogen-bond acceptors (Lipinski definition) is 5. The highest BCUT2D eigenvalue weighted by Gasteiger charge is 2.14. The quantitative estimate of drug-likeness (QED) is 0.868. The second-order valence-electron chi connectivity index (χ2n) is 3.77. The summed E-state index contributed by atoms with van der Waals surface area (Å²) in [6.07, 6.45) is 1.97. The van der Waals surface area contributed by atoms with Crippen molar-refractivity contribution in [2.45, 2.75) is 25.7 Å². The summed E-state index contributed by atoms with van der Waals surface area (Å²) >= 11 is 1.61. The highest BCUT2D eigenvalue weighted by atomic mass is 32.1. The normalized spacial score (nSPS) is 12.9. The molecule has 0 aliphatic heterocycles. The van der Waals surface area contributed by atoms with Crippen molar-refractivity contribution in [2.75, 3.05) is 6.54 Å². The first-order valence-corrected chi connectivity index (χ1v) is 6.26. The van der Waals surface area contributed by atoms with Gasteiger partial charge in [-0.2, -0.15) is 4.98 Å². The fourth-order valence-electron chi connectivity index (χ4n) is 1.49. The molecule has 2 aromatic heterocycles. The van der Waals surface area contributed by atoms with E-state index in [0.717, 1.165) is 17.7 Å². The molecule has 1 atom stereocenters. The SMILES string of the molecule is CC(CCCN)c1nc(-c2cccs2)no1. The van der Waals surface area contributed by atoms with Gasteiger partial charge in [-0.25, -0.2) is 0 Å². The summed E-state index contributed by atoms with van der Waals surface area (Å²) in [5.41, 5.74) is 5.47. The minimum atomic E-state index is 0.282. The Morgan fingerprint density at radius 3 is 3.12 bits per heavy atom. The van der Waals surface area contributed by atoms with Crippen LogP contribution in [0.5, 0.6) is 0 Å². The molecule has 1 unspecified atom stereocenters. The minimum Gasteiger partial charge on any atom is -0.339 e. The van der Waals surface area contributed by atoms with Gasteiger partial charge in [0.25, 0.3) is 0 Å². The van der Waals surface area contributed by atoms with Crippen LogP contribution in [-0.4, -0.2) is 16.7 Å². The molecule has 0 radical (unpaired) electrons. The maximum Gasteiger partial charge on any atom is 0.229 e. The van der Waals surface area contributed by atoms with Gasteiger partial charge in [-0.15, -0.1) is 11.3 Å². The van der Waals surface area contributed by atoms with Gasteiger partial charge in [-0.05, 0) is 30.8 Å². The van der Waals surface area contributed by atoms with E-state index in [4.69, 9.17) is 10.3 Å². The molecule has 86 valence electrons. The molecule has 0 aliphatic carbocycles. The van der Waals surface area contributed by atoms with Crippen molar-refractivity contribution in [3.63, 3.8) is 0 Å².